The number of pyridine rings is 1. The van der Waals surface area contributed by atoms with E-state index in [0.29, 0.717) is 35.7 Å². The lowest BCUT2D eigenvalue weighted by atomic mass is 9.92. The van der Waals surface area contributed by atoms with Crippen LogP contribution in [-0.2, 0) is 6.18 Å². The van der Waals surface area contributed by atoms with Crippen LogP contribution in [0.1, 0.15) is 40.9 Å². The lowest BCUT2D eigenvalue weighted by Crippen LogP contribution is -2.50. The molecule has 0 bridgehead atoms. The molecule has 1 amide bonds. The number of aromatic nitrogens is 2. The monoisotopic (exact) mass is 415 g/mol. The molecule has 1 saturated heterocycles. The molecule has 0 atom stereocenters. The number of amides is 1. The van der Waals surface area contributed by atoms with Gasteiger partial charge in [0.05, 0.1) is 27.9 Å². The van der Waals surface area contributed by atoms with Crippen molar-refractivity contribution in [1.29, 1.82) is 0 Å². The summed E-state index contributed by atoms with van der Waals surface area (Å²) in [6.45, 7) is 3.14. The van der Waals surface area contributed by atoms with Gasteiger partial charge in [0.25, 0.3) is 11.6 Å². The fourth-order valence-electron chi connectivity index (χ4n) is 4.15. The first kappa shape index (κ1) is 19.1. The molecular weight excluding hydrogens is 395 g/mol. The van der Waals surface area contributed by atoms with Crippen molar-refractivity contribution in [3.05, 3.63) is 47.2 Å². The highest BCUT2D eigenvalue weighted by molar-refractivity contribution is 6.07. The maximum atomic E-state index is 13.2. The molecule has 5 nitrogen and oxygen atoms in total. The topological polar surface area (TPSA) is 59.2 Å². The standard InChI is InChI=1S/C22H20F3N3O2/c1-12-19-17(21(29)28-10-14(11-28)7-13-5-6-13)9-18(26-20(19)30-27-12)15-3-2-4-16(8-15)22(23,24)25/h2-4,8-9,13-14H,5-7,10-11H2,1H3. The Morgan fingerprint density at radius 2 is 1.97 bits per heavy atom. The number of rotatable bonds is 4. The van der Waals surface area contributed by atoms with Crippen molar-refractivity contribution in [3.63, 3.8) is 0 Å². The number of halogens is 3. The normalized spacial score (nSPS) is 17.4. The molecule has 1 aliphatic carbocycles. The van der Waals surface area contributed by atoms with E-state index in [-0.39, 0.29) is 22.9 Å². The molecule has 30 heavy (non-hydrogen) atoms. The van der Waals surface area contributed by atoms with E-state index in [4.69, 9.17) is 4.52 Å². The molecule has 156 valence electrons. The van der Waals surface area contributed by atoms with Crippen molar-refractivity contribution in [2.75, 3.05) is 13.1 Å². The van der Waals surface area contributed by atoms with Crippen molar-refractivity contribution in [3.8, 4) is 11.3 Å². The quantitative estimate of drug-likeness (QED) is 0.596. The second kappa shape index (κ2) is 6.82. The number of fused-ring (bicyclic) bond motifs is 1. The number of carbonyl (C=O) groups excluding carboxylic acids is 1. The minimum Gasteiger partial charge on any atom is -0.338 e. The van der Waals surface area contributed by atoms with Gasteiger partial charge in [0.15, 0.2) is 0 Å². The summed E-state index contributed by atoms with van der Waals surface area (Å²) < 4.78 is 44.6. The van der Waals surface area contributed by atoms with Crippen LogP contribution in [0.2, 0.25) is 0 Å². The summed E-state index contributed by atoms with van der Waals surface area (Å²) >= 11 is 0. The number of nitrogens with zero attached hydrogens (tertiary/aromatic N) is 3. The Morgan fingerprint density at radius 1 is 1.20 bits per heavy atom. The van der Waals surface area contributed by atoms with Crippen molar-refractivity contribution in [1.82, 2.24) is 15.0 Å². The fourth-order valence-corrected chi connectivity index (χ4v) is 4.15. The van der Waals surface area contributed by atoms with Crippen LogP contribution in [0, 0.1) is 18.8 Å². The van der Waals surface area contributed by atoms with Crippen molar-refractivity contribution >= 4 is 17.0 Å². The highest BCUT2D eigenvalue weighted by Crippen LogP contribution is 2.39. The lowest BCUT2D eigenvalue weighted by molar-refractivity contribution is -0.137. The van der Waals surface area contributed by atoms with E-state index in [1.165, 1.54) is 25.0 Å². The number of aryl methyl sites for hydroxylation is 1. The Bertz CT molecular complexity index is 1130. The molecule has 1 saturated carbocycles. The predicted molar refractivity (Wildman–Crippen MR) is 104 cm³/mol. The fraction of sp³-hybridized carbons (Fsp3) is 0.409. The molecule has 2 fully saturated rings. The van der Waals surface area contributed by atoms with E-state index in [0.717, 1.165) is 24.5 Å². The van der Waals surface area contributed by atoms with Crippen LogP contribution >= 0.6 is 0 Å². The molecule has 1 aliphatic heterocycles. The SMILES string of the molecule is Cc1noc2nc(-c3cccc(C(F)(F)F)c3)cc(C(=O)N3CC(CC4CC4)C3)c12. The smallest absolute Gasteiger partial charge is 0.338 e. The van der Waals surface area contributed by atoms with Gasteiger partial charge in [-0.3, -0.25) is 4.79 Å². The highest BCUT2D eigenvalue weighted by atomic mass is 19.4. The number of carbonyl (C=O) groups is 1. The van der Waals surface area contributed by atoms with Crippen LogP contribution < -0.4 is 0 Å². The van der Waals surface area contributed by atoms with Crippen molar-refractivity contribution < 1.29 is 22.5 Å². The van der Waals surface area contributed by atoms with Gasteiger partial charge in [-0.2, -0.15) is 13.2 Å². The van der Waals surface area contributed by atoms with Crippen LogP contribution in [0.4, 0.5) is 13.2 Å². The highest BCUT2D eigenvalue weighted by Gasteiger charge is 2.36. The minimum absolute atomic E-state index is 0.154. The molecule has 5 rings (SSSR count). The first-order chi connectivity index (χ1) is 14.3. The van der Waals surface area contributed by atoms with Gasteiger partial charge in [-0.05, 0) is 43.4 Å². The van der Waals surface area contributed by atoms with Gasteiger partial charge < -0.3 is 9.42 Å². The third-order valence-corrected chi connectivity index (χ3v) is 5.94. The average Bonchev–Trinajstić information content (AvgIpc) is 3.44. The Balaban J connectivity index is 1.50. The first-order valence-corrected chi connectivity index (χ1v) is 10.0. The third-order valence-electron chi connectivity index (χ3n) is 5.94. The maximum Gasteiger partial charge on any atom is 0.416 e. The number of benzene rings is 1. The Kier molecular flexibility index (Phi) is 4.34. The summed E-state index contributed by atoms with van der Waals surface area (Å²) in [6, 6.07) is 6.46. The van der Waals surface area contributed by atoms with Gasteiger partial charge in [0.1, 0.15) is 0 Å². The molecule has 8 heteroatoms. The van der Waals surface area contributed by atoms with Crippen molar-refractivity contribution in [2.45, 2.75) is 32.4 Å². The Morgan fingerprint density at radius 3 is 2.67 bits per heavy atom. The molecule has 0 N–H and O–H groups in total. The predicted octanol–water partition coefficient (Wildman–Crippen LogP) is 5.09. The summed E-state index contributed by atoms with van der Waals surface area (Å²) in [5.74, 6) is 1.19. The van der Waals surface area contributed by atoms with E-state index < -0.39 is 11.7 Å². The summed E-state index contributed by atoms with van der Waals surface area (Å²) in [6.07, 6.45) is -0.724. The number of hydrogen-bond acceptors (Lipinski definition) is 4. The average molecular weight is 415 g/mol. The third kappa shape index (κ3) is 3.44. The van der Waals surface area contributed by atoms with E-state index in [1.54, 1.807) is 17.9 Å². The van der Waals surface area contributed by atoms with Crippen LogP contribution in [0.25, 0.3) is 22.4 Å². The molecule has 3 heterocycles. The van der Waals surface area contributed by atoms with E-state index in [9.17, 15) is 18.0 Å². The summed E-state index contributed by atoms with van der Waals surface area (Å²) in [5, 5.41) is 4.42. The zero-order valence-electron chi connectivity index (χ0n) is 16.4. The zero-order valence-corrected chi connectivity index (χ0v) is 16.4. The zero-order chi connectivity index (χ0) is 21.0. The van der Waals surface area contributed by atoms with Crippen molar-refractivity contribution in [2.24, 2.45) is 11.8 Å². The van der Waals surface area contributed by atoms with Crippen LogP contribution in [0.5, 0.6) is 0 Å². The molecule has 2 aromatic heterocycles. The first-order valence-electron chi connectivity index (χ1n) is 10.0. The van der Waals surface area contributed by atoms with Gasteiger partial charge in [0.2, 0.25) is 0 Å². The van der Waals surface area contributed by atoms with Gasteiger partial charge in [-0.15, -0.1) is 0 Å². The molecular formula is C22H20F3N3O2. The number of likely N-dealkylation sites (tertiary alicyclic amines) is 1. The maximum absolute atomic E-state index is 13.2. The van der Waals surface area contributed by atoms with Crippen LogP contribution in [0.15, 0.2) is 34.9 Å². The molecule has 0 spiro atoms. The largest absolute Gasteiger partial charge is 0.416 e. The molecule has 0 unspecified atom stereocenters. The van der Waals surface area contributed by atoms with Gasteiger partial charge in [-0.25, -0.2) is 4.98 Å². The minimum atomic E-state index is -4.46. The Hall–Kier alpha value is -2.90. The Labute approximate surface area is 170 Å². The number of hydrogen-bond donors (Lipinski definition) is 0. The molecule has 0 radical (unpaired) electrons. The number of alkyl halides is 3. The van der Waals surface area contributed by atoms with E-state index in [2.05, 4.69) is 10.1 Å². The van der Waals surface area contributed by atoms with Gasteiger partial charge in [-0.1, -0.05) is 30.1 Å². The second-order valence-corrected chi connectivity index (χ2v) is 8.34. The molecule has 2 aliphatic rings. The van der Waals surface area contributed by atoms with Gasteiger partial charge in [0, 0.05) is 18.7 Å². The van der Waals surface area contributed by atoms with Gasteiger partial charge >= 0.3 is 6.18 Å². The van der Waals surface area contributed by atoms with E-state index in [1.807, 2.05) is 0 Å². The second-order valence-electron chi connectivity index (χ2n) is 8.34. The van der Waals surface area contributed by atoms with Crippen LogP contribution in [0.3, 0.4) is 0 Å². The summed E-state index contributed by atoms with van der Waals surface area (Å²) in [4.78, 5) is 19.3. The summed E-state index contributed by atoms with van der Waals surface area (Å²) in [7, 11) is 0. The van der Waals surface area contributed by atoms with E-state index >= 15 is 0 Å². The van der Waals surface area contributed by atoms with Crippen LogP contribution in [-0.4, -0.2) is 34.0 Å². The summed E-state index contributed by atoms with van der Waals surface area (Å²) in [5.41, 5.74) is 0.811. The molecule has 3 aromatic rings. The molecule has 1 aromatic carbocycles. The lowest BCUT2D eigenvalue weighted by Gasteiger charge is -2.39.